The predicted octanol–water partition coefficient (Wildman–Crippen LogP) is 6.05. The summed E-state index contributed by atoms with van der Waals surface area (Å²) in [7, 11) is 0. The van der Waals surface area contributed by atoms with Crippen LogP contribution in [0.5, 0.6) is 0 Å². The fourth-order valence-corrected chi connectivity index (χ4v) is 3.77. The molecule has 2 aromatic carbocycles. The predicted molar refractivity (Wildman–Crippen MR) is 108 cm³/mol. The van der Waals surface area contributed by atoms with Crippen LogP contribution in [0.2, 0.25) is 0 Å². The zero-order valence-corrected chi connectivity index (χ0v) is 16.1. The molecule has 4 rings (SSSR count). The third-order valence-corrected chi connectivity index (χ3v) is 5.31. The molecule has 0 unspecified atom stereocenters. The van der Waals surface area contributed by atoms with Gasteiger partial charge in [0.25, 0.3) is 5.89 Å². The van der Waals surface area contributed by atoms with Crippen LogP contribution in [-0.4, -0.2) is 10.1 Å². The van der Waals surface area contributed by atoms with Crippen molar-refractivity contribution in [2.24, 2.45) is 0 Å². The molecule has 5 heteroatoms. The minimum atomic E-state index is 0.406. The summed E-state index contributed by atoms with van der Waals surface area (Å²) in [5, 5.41) is 4.09. The Labute approximate surface area is 162 Å². The summed E-state index contributed by atoms with van der Waals surface area (Å²) in [6.07, 6.45) is 0. The summed E-state index contributed by atoms with van der Waals surface area (Å²) in [4.78, 5) is 4.48. The number of benzene rings is 2. The maximum atomic E-state index is 5.89. The second-order valence-electron chi connectivity index (χ2n) is 6.49. The Balaban J connectivity index is 1.42. The van der Waals surface area contributed by atoms with Crippen LogP contribution in [0.25, 0.3) is 23.0 Å². The number of aryl methyl sites for hydroxylation is 2. The van der Waals surface area contributed by atoms with E-state index < -0.39 is 0 Å². The van der Waals surface area contributed by atoms with Gasteiger partial charge in [-0.1, -0.05) is 59.3 Å². The Morgan fingerprint density at radius 3 is 2.67 bits per heavy atom. The zero-order chi connectivity index (χ0) is 18.6. The Kier molecular flexibility index (Phi) is 5.12. The first-order valence-corrected chi connectivity index (χ1v) is 9.96. The van der Waals surface area contributed by atoms with Gasteiger partial charge in [-0.05, 0) is 37.1 Å². The molecule has 0 bridgehead atoms. The van der Waals surface area contributed by atoms with Gasteiger partial charge in [0, 0.05) is 11.3 Å². The van der Waals surface area contributed by atoms with Gasteiger partial charge in [0.15, 0.2) is 5.76 Å². The van der Waals surface area contributed by atoms with Gasteiger partial charge in [-0.25, -0.2) is 0 Å². The summed E-state index contributed by atoms with van der Waals surface area (Å²) >= 11 is 1.82. The molecule has 0 aliphatic carbocycles. The maximum absolute atomic E-state index is 5.89. The molecular weight excluding hydrogens is 356 g/mol. The van der Waals surface area contributed by atoms with Crippen molar-refractivity contribution in [3.8, 4) is 23.0 Å². The van der Waals surface area contributed by atoms with E-state index in [2.05, 4.69) is 41.3 Å². The highest BCUT2D eigenvalue weighted by molar-refractivity contribution is 7.97. The van der Waals surface area contributed by atoms with Gasteiger partial charge in [0.05, 0.1) is 5.75 Å². The van der Waals surface area contributed by atoms with Crippen LogP contribution in [0, 0.1) is 13.8 Å². The van der Waals surface area contributed by atoms with Crippen LogP contribution >= 0.6 is 11.8 Å². The van der Waals surface area contributed by atoms with E-state index in [0.29, 0.717) is 17.5 Å². The van der Waals surface area contributed by atoms with E-state index in [1.54, 1.807) is 0 Å². The molecule has 2 aromatic heterocycles. The summed E-state index contributed by atoms with van der Waals surface area (Å²) < 4.78 is 11.3. The van der Waals surface area contributed by atoms with Gasteiger partial charge in [-0.2, -0.15) is 4.98 Å². The number of nitrogens with zero attached hydrogens (tertiary/aromatic N) is 2. The molecule has 0 radical (unpaired) electrons. The van der Waals surface area contributed by atoms with E-state index in [9.17, 15) is 0 Å². The summed E-state index contributed by atoms with van der Waals surface area (Å²) in [6.45, 7) is 4.14. The molecule has 136 valence electrons. The summed E-state index contributed by atoms with van der Waals surface area (Å²) in [6, 6.07) is 20.4. The molecule has 0 fully saturated rings. The number of aromatic nitrogens is 2. The highest BCUT2D eigenvalue weighted by Crippen LogP contribution is 2.27. The first-order valence-electron chi connectivity index (χ1n) is 8.81. The molecule has 0 atom stereocenters. The monoisotopic (exact) mass is 376 g/mol. The van der Waals surface area contributed by atoms with Gasteiger partial charge >= 0.3 is 0 Å². The molecule has 0 aliphatic rings. The van der Waals surface area contributed by atoms with Gasteiger partial charge in [0.2, 0.25) is 5.82 Å². The lowest BCUT2D eigenvalue weighted by atomic mass is 10.1. The van der Waals surface area contributed by atoms with Crippen LogP contribution in [0.15, 0.2) is 69.6 Å². The van der Waals surface area contributed by atoms with Gasteiger partial charge in [-0.15, -0.1) is 11.8 Å². The van der Waals surface area contributed by atoms with Crippen molar-refractivity contribution >= 4 is 11.8 Å². The van der Waals surface area contributed by atoms with Crippen LogP contribution in [0.1, 0.15) is 22.5 Å². The fraction of sp³-hybridized carbons (Fsp3) is 0.182. The third-order valence-electron chi connectivity index (χ3n) is 4.28. The van der Waals surface area contributed by atoms with Gasteiger partial charge in [-0.3, -0.25) is 0 Å². The normalized spacial score (nSPS) is 11.0. The molecule has 27 heavy (non-hydrogen) atoms. The van der Waals surface area contributed by atoms with E-state index in [0.717, 1.165) is 28.4 Å². The quantitative estimate of drug-likeness (QED) is 0.410. The summed E-state index contributed by atoms with van der Waals surface area (Å²) in [5.74, 6) is 4.24. The lowest BCUT2D eigenvalue weighted by Crippen LogP contribution is -1.84. The number of rotatable bonds is 6. The largest absolute Gasteiger partial charge is 0.455 e. The topological polar surface area (TPSA) is 52.1 Å². The number of hydrogen-bond acceptors (Lipinski definition) is 5. The Hall–Kier alpha value is -2.79. The van der Waals surface area contributed by atoms with Gasteiger partial charge in [0.1, 0.15) is 5.76 Å². The third kappa shape index (κ3) is 4.14. The van der Waals surface area contributed by atoms with E-state index >= 15 is 0 Å². The smallest absolute Gasteiger partial charge is 0.293 e. The lowest BCUT2D eigenvalue weighted by molar-refractivity contribution is 0.413. The minimum Gasteiger partial charge on any atom is -0.455 e. The average Bonchev–Trinajstić information content (AvgIpc) is 3.32. The van der Waals surface area contributed by atoms with Crippen LogP contribution in [0.4, 0.5) is 0 Å². The average molecular weight is 376 g/mol. The van der Waals surface area contributed by atoms with E-state index in [4.69, 9.17) is 8.94 Å². The second-order valence-corrected chi connectivity index (χ2v) is 7.47. The minimum absolute atomic E-state index is 0.406. The van der Waals surface area contributed by atoms with Crippen LogP contribution in [-0.2, 0) is 11.5 Å². The highest BCUT2D eigenvalue weighted by Gasteiger charge is 2.15. The molecule has 0 saturated carbocycles. The first kappa shape index (κ1) is 17.6. The number of hydrogen-bond donors (Lipinski definition) is 0. The molecule has 4 aromatic rings. The van der Waals surface area contributed by atoms with Crippen molar-refractivity contribution in [3.05, 3.63) is 83.1 Å². The molecule has 2 heterocycles. The van der Waals surface area contributed by atoms with E-state index in [1.165, 1.54) is 11.1 Å². The van der Waals surface area contributed by atoms with E-state index in [1.807, 2.05) is 55.1 Å². The molecule has 0 spiro atoms. The molecule has 0 N–H and O–H groups in total. The number of furan rings is 1. The van der Waals surface area contributed by atoms with Crippen molar-refractivity contribution < 1.29 is 8.94 Å². The van der Waals surface area contributed by atoms with Crippen molar-refractivity contribution in [2.45, 2.75) is 25.4 Å². The van der Waals surface area contributed by atoms with Crippen molar-refractivity contribution in [3.63, 3.8) is 0 Å². The molecule has 0 saturated heterocycles. The molecule has 0 aliphatic heterocycles. The Morgan fingerprint density at radius 1 is 0.926 bits per heavy atom. The molecular formula is C22H20N2O2S. The fourth-order valence-electron chi connectivity index (χ4n) is 2.90. The first-order chi connectivity index (χ1) is 13.2. The Morgan fingerprint density at radius 2 is 1.81 bits per heavy atom. The summed E-state index contributed by atoms with van der Waals surface area (Å²) in [5.41, 5.74) is 4.69. The standard InChI is InChI=1S/C22H20N2O2S/c1-15-6-5-8-17(12-15)13-27-14-18-10-11-20(25-18)22-23-21(24-26-22)19-9-4-3-7-16(19)2/h3-12H,13-14H2,1-2H3. The van der Waals surface area contributed by atoms with Crippen molar-refractivity contribution in [1.29, 1.82) is 0 Å². The molecule has 0 amide bonds. The molecule has 4 nitrogen and oxygen atoms in total. The number of thioether (sulfide) groups is 1. The van der Waals surface area contributed by atoms with Crippen LogP contribution in [0.3, 0.4) is 0 Å². The van der Waals surface area contributed by atoms with Crippen molar-refractivity contribution in [2.75, 3.05) is 0 Å². The Bertz CT molecular complexity index is 1050. The van der Waals surface area contributed by atoms with Crippen LogP contribution < -0.4 is 0 Å². The van der Waals surface area contributed by atoms with Crippen molar-refractivity contribution in [1.82, 2.24) is 10.1 Å². The van der Waals surface area contributed by atoms with E-state index in [-0.39, 0.29) is 0 Å². The maximum Gasteiger partial charge on any atom is 0.293 e. The highest BCUT2D eigenvalue weighted by atomic mass is 32.2. The van der Waals surface area contributed by atoms with Gasteiger partial charge < -0.3 is 8.94 Å². The lowest BCUT2D eigenvalue weighted by Gasteiger charge is -2.01. The zero-order valence-electron chi connectivity index (χ0n) is 15.3. The second kappa shape index (κ2) is 7.84. The SMILES string of the molecule is Cc1cccc(CSCc2ccc(-c3nc(-c4ccccc4C)no3)o2)c1.